The van der Waals surface area contributed by atoms with E-state index in [0.717, 1.165) is 45.3 Å². The van der Waals surface area contributed by atoms with E-state index in [2.05, 4.69) is 9.80 Å². The number of piperidine rings is 1. The van der Waals surface area contributed by atoms with Crippen LogP contribution < -0.4 is 5.73 Å². The third kappa shape index (κ3) is 3.70. The van der Waals surface area contributed by atoms with Crippen LogP contribution in [0.5, 0.6) is 0 Å². The minimum atomic E-state index is 0.800. The van der Waals surface area contributed by atoms with Crippen LogP contribution in [0.25, 0.3) is 0 Å². The molecule has 0 bridgehead atoms. The van der Waals surface area contributed by atoms with E-state index >= 15 is 0 Å². The van der Waals surface area contributed by atoms with Gasteiger partial charge in [0.2, 0.25) is 0 Å². The molecule has 0 unspecified atom stereocenters. The molecule has 2 saturated heterocycles. The fraction of sp³-hybridized carbons (Fsp3) is 1.00. The van der Waals surface area contributed by atoms with Gasteiger partial charge in [-0.2, -0.15) is 0 Å². The third-order valence-electron chi connectivity index (χ3n) is 3.77. The lowest BCUT2D eigenvalue weighted by atomic mass is 9.96. The Kier molecular flexibility index (Phi) is 5.03. The fourth-order valence-corrected chi connectivity index (χ4v) is 2.72. The molecule has 94 valence electrons. The predicted octanol–water partition coefficient (Wildman–Crippen LogP) is -0.0107. The van der Waals surface area contributed by atoms with Gasteiger partial charge in [0.05, 0.1) is 13.2 Å². The van der Waals surface area contributed by atoms with Gasteiger partial charge in [0.1, 0.15) is 0 Å². The topological polar surface area (TPSA) is 41.7 Å². The lowest BCUT2D eigenvalue weighted by Crippen LogP contribution is -2.43. The van der Waals surface area contributed by atoms with Gasteiger partial charge >= 0.3 is 0 Å². The Hall–Kier alpha value is -0.160. The Labute approximate surface area is 98.7 Å². The Morgan fingerprint density at radius 2 is 1.69 bits per heavy atom. The first-order chi connectivity index (χ1) is 7.88. The molecule has 2 rings (SSSR count). The van der Waals surface area contributed by atoms with Crippen molar-refractivity contribution in [3.8, 4) is 0 Å². The lowest BCUT2D eigenvalue weighted by Gasteiger charge is -2.35. The molecular formula is C12H25N3O. The minimum absolute atomic E-state index is 0.800. The van der Waals surface area contributed by atoms with Crippen molar-refractivity contribution in [3.63, 3.8) is 0 Å². The van der Waals surface area contributed by atoms with Gasteiger partial charge < -0.3 is 15.4 Å². The maximum atomic E-state index is 5.58. The first-order valence-electron chi connectivity index (χ1n) is 6.61. The normalized spacial score (nSPS) is 26.1. The SMILES string of the molecule is NCCN1CCC(CN2CCOCC2)CC1. The second-order valence-corrected chi connectivity index (χ2v) is 4.99. The average Bonchev–Trinajstić information content (AvgIpc) is 2.33. The minimum Gasteiger partial charge on any atom is -0.379 e. The molecule has 0 aromatic rings. The van der Waals surface area contributed by atoms with E-state index in [1.807, 2.05) is 0 Å². The molecular weight excluding hydrogens is 202 g/mol. The van der Waals surface area contributed by atoms with Crippen LogP contribution in [0, 0.1) is 5.92 Å². The summed E-state index contributed by atoms with van der Waals surface area (Å²) >= 11 is 0. The number of likely N-dealkylation sites (tertiary alicyclic amines) is 1. The van der Waals surface area contributed by atoms with Crippen LogP contribution in [0.15, 0.2) is 0 Å². The summed E-state index contributed by atoms with van der Waals surface area (Å²) < 4.78 is 5.37. The van der Waals surface area contributed by atoms with Crippen molar-refractivity contribution >= 4 is 0 Å². The molecule has 2 aliphatic rings. The van der Waals surface area contributed by atoms with Crippen molar-refractivity contribution in [2.75, 3.05) is 59.0 Å². The summed E-state index contributed by atoms with van der Waals surface area (Å²) in [6.45, 7) is 9.74. The average molecular weight is 227 g/mol. The Balaban J connectivity index is 1.64. The van der Waals surface area contributed by atoms with Gasteiger partial charge in [0.25, 0.3) is 0 Å². The maximum absolute atomic E-state index is 5.58. The molecule has 2 N–H and O–H groups in total. The van der Waals surface area contributed by atoms with Gasteiger partial charge in [-0.1, -0.05) is 0 Å². The molecule has 2 aliphatic heterocycles. The van der Waals surface area contributed by atoms with Crippen LogP contribution in [0.4, 0.5) is 0 Å². The molecule has 0 amide bonds. The third-order valence-corrected chi connectivity index (χ3v) is 3.77. The summed E-state index contributed by atoms with van der Waals surface area (Å²) in [5.41, 5.74) is 5.58. The van der Waals surface area contributed by atoms with Gasteiger partial charge in [-0.3, -0.25) is 4.90 Å². The number of hydrogen-bond donors (Lipinski definition) is 1. The summed E-state index contributed by atoms with van der Waals surface area (Å²) in [6.07, 6.45) is 2.69. The van der Waals surface area contributed by atoms with Gasteiger partial charge in [-0.25, -0.2) is 0 Å². The molecule has 4 nitrogen and oxygen atoms in total. The van der Waals surface area contributed by atoms with E-state index in [-0.39, 0.29) is 0 Å². The number of nitrogens with zero attached hydrogens (tertiary/aromatic N) is 2. The lowest BCUT2D eigenvalue weighted by molar-refractivity contribution is 0.0247. The number of morpholine rings is 1. The zero-order valence-corrected chi connectivity index (χ0v) is 10.2. The molecule has 0 atom stereocenters. The first-order valence-corrected chi connectivity index (χ1v) is 6.61. The van der Waals surface area contributed by atoms with E-state index in [9.17, 15) is 0 Å². The Bertz CT molecular complexity index is 187. The highest BCUT2D eigenvalue weighted by Crippen LogP contribution is 2.18. The van der Waals surface area contributed by atoms with E-state index in [4.69, 9.17) is 10.5 Å². The predicted molar refractivity (Wildman–Crippen MR) is 65.5 cm³/mol. The Morgan fingerprint density at radius 1 is 1.00 bits per heavy atom. The zero-order valence-electron chi connectivity index (χ0n) is 10.2. The van der Waals surface area contributed by atoms with Gasteiger partial charge in [-0.15, -0.1) is 0 Å². The maximum Gasteiger partial charge on any atom is 0.0594 e. The van der Waals surface area contributed by atoms with Gasteiger partial charge in [-0.05, 0) is 31.8 Å². The van der Waals surface area contributed by atoms with Crippen LogP contribution in [0.1, 0.15) is 12.8 Å². The van der Waals surface area contributed by atoms with Crippen molar-refractivity contribution in [3.05, 3.63) is 0 Å². The van der Waals surface area contributed by atoms with Crippen molar-refractivity contribution in [2.24, 2.45) is 11.7 Å². The highest BCUT2D eigenvalue weighted by molar-refractivity contribution is 4.76. The summed E-state index contributed by atoms with van der Waals surface area (Å²) in [5.74, 6) is 0.895. The number of rotatable bonds is 4. The van der Waals surface area contributed by atoms with Gasteiger partial charge in [0.15, 0.2) is 0 Å². The molecule has 2 heterocycles. The molecule has 0 aliphatic carbocycles. The molecule has 2 fully saturated rings. The molecule has 4 heteroatoms. The summed E-state index contributed by atoms with van der Waals surface area (Å²) in [5, 5.41) is 0. The fourth-order valence-electron chi connectivity index (χ4n) is 2.72. The second-order valence-electron chi connectivity index (χ2n) is 4.99. The highest BCUT2D eigenvalue weighted by atomic mass is 16.5. The molecule has 0 aromatic carbocycles. The summed E-state index contributed by atoms with van der Waals surface area (Å²) in [4.78, 5) is 5.06. The van der Waals surface area contributed by atoms with E-state index in [1.54, 1.807) is 0 Å². The Morgan fingerprint density at radius 3 is 2.31 bits per heavy atom. The van der Waals surface area contributed by atoms with Crippen LogP contribution in [0.2, 0.25) is 0 Å². The molecule has 0 radical (unpaired) electrons. The quantitative estimate of drug-likeness (QED) is 0.733. The number of nitrogens with two attached hydrogens (primary N) is 1. The second kappa shape index (κ2) is 6.55. The highest BCUT2D eigenvalue weighted by Gasteiger charge is 2.21. The van der Waals surface area contributed by atoms with Crippen LogP contribution in [0.3, 0.4) is 0 Å². The zero-order chi connectivity index (χ0) is 11.2. The summed E-state index contributed by atoms with van der Waals surface area (Å²) in [7, 11) is 0. The summed E-state index contributed by atoms with van der Waals surface area (Å²) in [6, 6.07) is 0. The molecule has 0 spiro atoms. The molecule has 16 heavy (non-hydrogen) atoms. The van der Waals surface area contributed by atoms with Crippen LogP contribution >= 0.6 is 0 Å². The van der Waals surface area contributed by atoms with E-state index < -0.39 is 0 Å². The van der Waals surface area contributed by atoms with E-state index in [1.165, 1.54) is 32.5 Å². The first kappa shape index (κ1) is 12.3. The largest absolute Gasteiger partial charge is 0.379 e. The monoisotopic (exact) mass is 227 g/mol. The smallest absolute Gasteiger partial charge is 0.0594 e. The number of ether oxygens (including phenoxy) is 1. The van der Waals surface area contributed by atoms with E-state index in [0.29, 0.717) is 0 Å². The van der Waals surface area contributed by atoms with Crippen molar-refractivity contribution in [1.82, 2.24) is 9.80 Å². The standard InChI is InChI=1S/C12H25N3O/c13-3-6-14-4-1-12(2-5-14)11-15-7-9-16-10-8-15/h12H,1-11,13H2. The van der Waals surface area contributed by atoms with Crippen LogP contribution in [-0.2, 0) is 4.74 Å². The van der Waals surface area contributed by atoms with Crippen molar-refractivity contribution < 1.29 is 4.74 Å². The van der Waals surface area contributed by atoms with Crippen molar-refractivity contribution in [1.29, 1.82) is 0 Å². The molecule has 0 saturated carbocycles. The number of hydrogen-bond acceptors (Lipinski definition) is 4. The van der Waals surface area contributed by atoms with Crippen LogP contribution in [-0.4, -0.2) is 68.8 Å². The van der Waals surface area contributed by atoms with Gasteiger partial charge in [0, 0.05) is 32.7 Å². The van der Waals surface area contributed by atoms with Crippen molar-refractivity contribution in [2.45, 2.75) is 12.8 Å². The molecule has 0 aromatic heterocycles.